The average molecular weight is 368 g/mol. The normalized spacial score (nSPS) is 18.4. The Bertz CT molecular complexity index is 916. The first-order chi connectivity index (χ1) is 12.9. The molecule has 0 bridgehead atoms. The molecule has 0 saturated carbocycles. The number of aryl methyl sites for hydroxylation is 2. The number of rotatable bonds is 3. The van der Waals surface area contributed by atoms with Gasteiger partial charge in [-0.2, -0.15) is 0 Å². The number of benzene rings is 1. The van der Waals surface area contributed by atoms with Gasteiger partial charge in [0.25, 0.3) is 0 Å². The van der Waals surface area contributed by atoms with Gasteiger partial charge in [0, 0.05) is 0 Å². The van der Waals surface area contributed by atoms with E-state index in [0.29, 0.717) is 21.2 Å². The van der Waals surface area contributed by atoms with Gasteiger partial charge in [-0.15, -0.1) is 0 Å². The van der Waals surface area contributed by atoms with E-state index in [4.69, 9.17) is 9.60 Å². The SMILES string of the molecule is [2H]C([2H])([2H])C([2H])(c1cc(-c2ccc(F)cc2C)[n+](C)c[c]1[Ge]([CH3])([CH3])[CH3])C([2H])([2H])[2H]. The van der Waals surface area contributed by atoms with Crippen molar-refractivity contribution >= 4 is 17.7 Å². The Morgan fingerprint density at radius 1 is 1.23 bits per heavy atom. The summed E-state index contributed by atoms with van der Waals surface area (Å²) in [7, 11) is 1.79. The third-order valence-corrected chi connectivity index (χ3v) is 8.04. The van der Waals surface area contributed by atoms with Crippen LogP contribution in [0.2, 0.25) is 17.3 Å². The molecule has 1 aromatic heterocycles. The second kappa shape index (κ2) is 6.15. The van der Waals surface area contributed by atoms with Crippen LogP contribution in [0.3, 0.4) is 0 Å². The summed E-state index contributed by atoms with van der Waals surface area (Å²) in [5, 5.41) is 0. The molecule has 22 heavy (non-hydrogen) atoms. The van der Waals surface area contributed by atoms with Gasteiger partial charge >= 0.3 is 146 Å². The summed E-state index contributed by atoms with van der Waals surface area (Å²) >= 11 is -2.79. The first-order valence-corrected chi connectivity index (χ1v) is 14.6. The first kappa shape index (κ1) is 9.86. The predicted octanol–water partition coefficient (Wildman–Crippen LogP) is 4.29. The van der Waals surface area contributed by atoms with E-state index < -0.39 is 38.7 Å². The molecule has 0 aliphatic rings. The van der Waals surface area contributed by atoms with Crippen molar-refractivity contribution < 1.29 is 18.6 Å². The van der Waals surface area contributed by atoms with E-state index in [1.807, 2.05) is 17.3 Å². The van der Waals surface area contributed by atoms with Gasteiger partial charge < -0.3 is 0 Å². The average Bonchev–Trinajstić information content (AvgIpc) is 2.51. The van der Waals surface area contributed by atoms with Gasteiger partial charge in [0.15, 0.2) is 0 Å². The van der Waals surface area contributed by atoms with Crippen molar-refractivity contribution in [2.45, 2.75) is 43.8 Å². The summed E-state index contributed by atoms with van der Waals surface area (Å²) < 4.78 is 72.4. The standard InChI is InChI=1S/C19H27FGeN/c1-13(2)17-11-19(16-9-8-15(20)10-14(16)3)22(7)12-18(17)21(4,5)6/h8-13H,1-7H3/q+1/i1D3,2D3,13D. The molecule has 2 aromatic rings. The van der Waals surface area contributed by atoms with Gasteiger partial charge in [0.2, 0.25) is 0 Å². The summed E-state index contributed by atoms with van der Waals surface area (Å²) in [6.07, 6.45) is 1.76. The summed E-state index contributed by atoms with van der Waals surface area (Å²) in [6.45, 7) is -4.39. The number of pyridine rings is 1. The molecular weight excluding hydrogens is 334 g/mol. The van der Waals surface area contributed by atoms with Gasteiger partial charge in [-0.3, -0.25) is 0 Å². The van der Waals surface area contributed by atoms with E-state index in [2.05, 4.69) is 0 Å². The Labute approximate surface area is 146 Å². The van der Waals surface area contributed by atoms with Gasteiger partial charge in [-0.05, 0) is 0 Å². The molecule has 2 rings (SSSR count). The monoisotopic (exact) mass is 369 g/mol. The third kappa shape index (κ3) is 3.43. The number of hydrogen-bond acceptors (Lipinski definition) is 0. The molecule has 0 N–H and O–H groups in total. The second-order valence-electron chi connectivity index (χ2n) is 6.68. The van der Waals surface area contributed by atoms with Gasteiger partial charge in [-0.1, -0.05) is 0 Å². The molecule has 0 radical (unpaired) electrons. The topological polar surface area (TPSA) is 3.88 Å². The van der Waals surface area contributed by atoms with Crippen molar-refractivity contribution in [2.24, 2.45) is 7.05 Å². The van der Waals surface area contributed by atoms with Crippen molar-refractivity contribution in [3.8, 4) is 11.3 Å². The molecule has 0 atom stereocenters. The Morgan fingerprint density at radius 2 is 1.91 bits per heavy atom. The van der Waals surface area contributed by atoms with Gasteiger partial charge in [-0.25, -0.2) is 0 Å². The zero-order valence-corrected chi connectivity index (χ0v) is 15.8. The van der Waals surface area contributed by atoms with E-state index >= 15 is 0 Å². The quantitative estimate of drug-likeness (QED) is 0.562. The number of halogens is 1. The molecule has 1 nitrogen and oxygen atoms in total. The number of nitrogens with zero attached hydrogens (tertiary/aromatic N) is 1. The molecule has 0 saturated heterocycles. The van der Waals surface area contributed by atoms with E-state index in [-0.39, 0.29) is 5.56 Å². The minimum atomic E-state index is -3.06. The molecular formula is C19H27FGeN+. The molecule has 1 heterocycles. The number of hydrogen-bond donors (Lipinski definition) is 0. The summed E-state index contributed by atoms with van der Waals surface area (Å²) in [5.41, 5.74) is 1.84. The Morgan fingerprint density at radius 3 is 2.45 bits per heavy atom. The van der Waals surface area contributed by atoms with E-state index in [1.165, 1.54) is 18.2 Å². The molecule has 0 amide bonds. The minimum absolute atomic E-state index is 0.0156. The van der Waals surface area contributed by atoms with Crippen LogP contribution >= 0.6 is 0 Å². The maximum absolute atomic E-state index is 13.6. The zero-order valence-electron chi connectivity index (χ0n) is 20.7. The van der Waals surface area contributed by atoms with E-state index in [0.717, 1.165) is 0 Å². The number of aromatic nitrogens is 1. The third-order valence-electron chi connectivity index (χ3n) is 3.82. The summed E-state index contributed by atoms with van der Waals surface area (Å²) in [4.78, 5) is 0. The van der Waals surface area contributed by atoms with Crippen LogP contribution in [0, 0.1) is 12.7 Å². The Balaban J connectivity index is 2.99. The first-order valence-electron chi connectivity index (χ1n) is 10.7. The van der Waals surface area contributed by atoms with Crippen LogP contribution < -0.4 is 8.96 Å². The fourth-order valence-corrected chi connectivity index (χ4v) is 5.96. The van der Waals surface area contributed by atoms with Gasteiger partial charge in [0.1, 0.15) is 0 Å². The summed E-state index contributed by atoms with van der Waals surface area (Å²) in [5.74, 6) is 2.92. The second-order valence-corrected chi connectivity index (χ2v) is 17.3. The Kier molecular flexibility index (Phi) is 2.76. The molecule has 0 aliphatic carbocycles. The molecule has 0 spiro atoms. The van der Waals surface area contributed by atoms with Crippen LogP contribution in [-0.2, 0) is 7.05 Å². The van der Waals surface area contributed by atoms with Crippen molar-refractivity contribution in [2.75, 3.05) is 0 Å². The van der Waals surface area contributed by atoms with Crippen LogP contribution in [-0.4, -0.2) is 13.3 Å². The van der Waals surface area contributed by atoms with Crippen LogP contribution in [0.4, 0.5) is 4.39 Å². The van der Waals surface area contributed by atoms with E-state index in [1.54, 1.807) is 30.8 Å². The van der Waals surface area contributed by atoms with Crippen molar-refractivity contribution in [3.63, 3.8) is 0 Å². The van der Waals surface area contributed by atoms with Crippen molar-refractivity contribution in [1.82, 2.24) is 0 Å². The van der Waals surface area contributed by atoms with Crippen LogP contribution in [0.15, 0.2) is 30.5 Å². The van der Waals surface area contributed by atoms with Crippen LogP contribution in [0.1, 0.15) is 40.3 Å². The molecule has 118 valence electrons. The maximum atomic E-state index is 13.6. The van der Waals surface area contributed by atoms with Crippen LogP contribution in [0.25, 0.3) is 11.3 Å². The molecule has 0 fully saturated rings. The molecule has 0 aliphatic heterocycles. The molecule has 0 unspecified atom stereocenters. The Hall–Kier alpha value is -1.16. The zero-order chi connectivity index (χ0) is 22.6. The fraction of sp³-hybridized carbons (Fsp3) is 0.421. The van der Waals surface area contributed by atoms with Crippen molar-refractivity contribution in [3.05, 3.63) is 47.4 Å². The van der Waals surface area contributed by atoms with Crippen LogP contribution in [0.5, 0.6) is 0 Å². The van der Waals surface area contributed by atoms with Crippen molar-refractivity contribution in [1.29, 1.82) is 0 Å². The van der Waals surface area contributed by atoms with Gasteiger partial charge in [0.05, 0.1) is 0 Å². The molecule has 1 aromatic carbocycles. The summed E-state index contributed by atoms with van der Waals surface area (Å²) in [6, 6.07) is 5.76. The fourth-order valence-electron chi connectivity index (χ4n) is 2.64. The van der Waals surface area contributed by atoms with E-state index in [9.17, 15) is 4.39 Å². The predicted molar refractivity (Wildman–Crippen MR) is 94.8 cm³/mol. The molecule has 3 heteroatoms.